The minimum atomic E-state index is -3.44. The summed E-state index contributed by atoms with van der Waals surface area (Å²) in [7, 11) is -3.44. The molecule has 11 heteroatoms. The van der Waals surface area contributed by atoms with Gasteiger partial charge in [-0.05, 0) is 33.8 Å². The van der Waals surface area contributed by atoms with Crippen molar-refractivity contribution in [2.24, 2.45) is 0 Å². The maximum absolute atomic E-state index is 12.4. The summed E-state index contributed by atoms with van der Waals surface area (Å²) in [5.41, 5.74) is 0.773. The average molecular weight is 434 g/mol. The number of nitrogens with one attached hydrogen (secondary N) is 1. The van der Waals surface area contributed by atoms with E-state index in [1.54, 1.807) is 26.0 Å². The molecular weight excluding hydrogens is 407 g/mol. The first kappa shape index (κ1) is 23.0. The summed E-state index contributed by atoms with van der Waals surface area (Å²) < 4.78 is 43.6. The molecule has 2 N–H and O–H groups in total. The van der Waals surface area contributed by atoms with Crippen LogP contribution in [0.5, 0.6) is 5.75 Å². The molecule has 1 atom stereocenters. The zero-order valence-corrected chi connectivity index (χ0v) is 18.2. The highest BCUT2D eigenvalue weighted by Crippen LogP contribution is 2.47. The Kier molecular flexibility index (Phi) is 7.78. The molecule has 0 bridgehead atoms. The van der Waals surface area contributed by atoms with E-state index in [1.807, 2.05) is 19.9 Å². The first-order valence-corrected chi connectivity index (χ1v) is 12.0. The number of benzene rings is 1. The van der Waals surface area contributed by atoms with Crippen molar-refractivity contribution in [3.63, 3.8) is 0 Å². The zero-order chi connectivity index (χ0) is 20.9. The van der Waals surface area contributed by atoms with Crippen LogP contribution in [0.4, 0.5) is 10.5 Å². The van der Waals surface area contributed by atoms with Crippen LogP contribution in [-0.4, -0.2) is 46.7 Å². The van der Waals surface area contributed by atoms with E-state index in [-0.39, 0.29) is 25.4 Å². The minimum absolute atomic E-state index is 0.177. The molecule has 0 saturated carbocycles. The van der Waals surface area contributed by atoms with Crippen molar-refractivity contribution in [1.82, 2.24) is 4.72 Å². The predicted octanol–water partition coefficient (Wildman–Crippen LogP) is 3.32. The Morgan fingerprint density at radius 3 is 2.61 bits per heavy atom. The second-order valence-corrected chi connectivity index (χ2v) is 10.0. The number of rotatable bonds is 10. The van der Waals surface area contributed by atoms with Crippen molar-refractivity contribution in [3.05, 3.63) is 23.8 Å². The van der Waals surface area contributed by atoms with Gasteiger partial charge in [-0.3, -0.25) is 4.57 Å². The van der Waals surface area contributed by atoms with Gasteiger partial charge in [0.15, 0.2) is 0 Å². The van der Waals surface area contributed by atoms with Crippen molar-refractivity contribution >= 4 is 30.7 Å². The van der Waals surface area contributed by atoms with Crippen molar-refractivity contribution in [3.8, 4) is 5.75 Å². The van der Waals surface area contributed by atoms with E-state index in [0.717, 1.165) is 10.5 Å². The van der Waals surface area contributed by atoms with Crippen molar-refractivity contribution in [1.29, 1.82) is 0 Å². The van der Waals surface area contributed by atoms with E-state index in [1.165, 1.54) is 0 Å². The monoisotopic (exact) mass is 434 g/mol. The molecule has 0 aromatic heterocycles. The number of anilines is 1. The summed E-state index contributed by atoms with van der Waals surface area (Å²) in [6, 6.07) is 5.23. The van der Waals surface area contributed by atoms with Crippen molar-refractivity contribution < 1.29 is 32.8 Å². The average Bonchev–Trinajstić information content (AvgIpc) is 2.92. The fourth-order valence-corrected chi connectivity index (χ4v) is 5.70. The highest BCUT2D eigenvalue weighted by molar-refractivity contribution is 7.89. The third-order valence-electron chi connectivity index (χ3n) is 3.91. The lowest BCUT2D eigenvalue weighted by molar-refractivity contribution is 0.138. The van der Waals surface area contributed by atoms with E-state index in [2.05, 4.69) is 4.72 Å². The molecule has 1 aromatic carbocycles. The van der Waals surface area contributed by atoms with E-state index in [9.17, 15) is 19.0 Å². The number of ether oxygens (including phenoxy) is 1. The lowest BCUT2D eigenvalue weighted by atomic mass is 10.0. The van der Waals surface area contributed by atoms with Gasteiger partial charge in [-0.1, -0.05) is 12.1 Å². The normalized spacial score (nSPS) is 16.3. The molecule has 1 heterocycles. The van der Waals surface area contributed by atoms with Crippen LogP contribution in [0.1, 0.15) is 33.3 Å². The van der Waals surface area contributed by atoms with Gasteiger partial charge in [0.2, 0.25) is 5.88 Å². The predicted molar refractivity (Wildman–Crippen MR) is 107 cm³/mol. The molecule has 1 amide bonds. The summed E-state index contributed by atoms with van der Waals surface area (Å²) in [4.78, 5) is 12.8. The number of nitrogens with zero attached hydrogens (tertiary/aromatic N) is 1. The van der Waals surface area contributed by atoms with Gasteiger partial charge in [0.25, 0.3) is 0 Å². The van der Waals surface area contributed by atoms with Gasteiger partial charge < -0.3 is 23.4 Å². The quantitative estimate of drug-likeness (QED) is 0.425. The lowest BCUT2D eigenvalue weighted by Crippen LogP contribution is -2.40. The number of fused-ring (bicyclic) bond motifs is 1. The number of amides is 1. The van der Waals surface area contributed by atoms with Crippen molar-refractivity contribution in [2.45, 2.75) is 39.7 Å². The van der Waals surface area contributed by atoms with Gasteiger partial charge >= 0.3 is 13.7 Å². The first-order chi connectivity index (χ1) is 13.1. The van der Waals surface area contributed by atoms with Crippen LogP contribution in [0.25, 0.3) is 0 Å². The van der Waals surface area contributed by atoms with E-state index < -0.39 is 30.7 Å². The summed E-state index contributed by atoms with van der Waals surface area (Å²) >= 11 is -1.83. The molecule has 9 nitrogen and oxygen atoms in total. The third kappa shape index (κ3) is 5.85. The molecule has 158 valence electrons. The first-order valence-electron chi connectivity index (χ1n) is 8.92. The molecule has 1 aliphatic rings. The molecule has 1 aliphatic heterocycles. The third-order valence-corrected chi connectivity index (χ3v) is 6.93. The summed E-state index contributed by atoms with van der Waals surface area (Å²) in [5, 5.41) is 9.64. The van der Waals surface area contributed by atoms with Crippen LogP contribution in [0, 0.1) is 0 Å². The maximum Gasteiger partial charge on any atom is 0.415 e. The van der Waals surface area contributed by atoms with E-state index >= 15 is 0 Å². The fraction of sp³-hybridized carbons (Fsp3) is 0.588. The molecule has 0 fully saturated rings. The van der Waals surface area contributed by atoms with Crippen LogP contribution in [0.3, 0.4) is 0 Å². The smallest absolute Gasteiger partial charge is 0.415 e. The van der Waals surface area contributed by atoms with Crippen LogP contribution in [0.15, 0.2) is 18.2 Å². The zero-order valence-electron chi connectivity index (χ0n) is 16.5. The molecule has 0 radical (unpaired) electrons. The highest BCUT2D eigenvalue weighted by Gasteiger charge is 2.35. The second kappa shape index (κ2) is 9.47. The number of carbonyl (C=O) groups is 1. The summed E-state index contributed by atoms with van der Waals surface area (Å²) in [6.07, 6.45) is -0.906. The topological polar surface area (TPSA) is 120 Å². The number of hydrogen-bond donors (Lipinski definition) is 2. The molecule has 1 unspecified atom stereocenters. The van der Waals surface area contributed by atoms with Crippen LogP contribution < -0.4 is 14.4 Å². The van der Waals surface area contributed by atoms with Crippen molar-refractivity contribution in [2.75, 3.05) is 30.3 Å². The summed E-state index contributed by atoms with van der Waals surface area (Å²) in [5.74, 6) is 0.106. The second-order valence-electron chi connectivity index (χ2n) is 6.74. The number of hydrogen-bond acceptors (Lipinski definition) is 7. The largest absolute Gasteiger partial charge is 0.597 e. The van der Waals surface area contributed by atoms with Crippen LogP contribution in [0.2, 0.25) is 0 Å². The standard InChI is InChI=1S/C17H27N2O7PS/c1-5-24-27(22,25-6-2)11-18-28(23)12-19(16(20)21)14-9-7-8-13-10-17(3,4)26-15(13)14/h7-9,18H,5-6,10-12H2,1-4H3,(H,20,21). The van der Waals surface area contributed by atoms with Gasteiger partial charge in [0.1, 0.15) is 17.6 Å². The Balaban J connectivity index is 2.12. The highest BCUT2D eigenvalue weighted by atomic mass is 32.2. The fourth-order valence-electron chi connectivity index (χ4n) is 2.88. The number of carboxylic acid groups (broad SMARTS) is 1. The minimum Gasteiger partial charge on any atom is -0.597 e. The Morgan fingerprint density at radius 1 is 1.39 bits per heavy atom. The van der Waals surface area contributed by atoms with E-state index in [4.69, 9.17) is 13.8 Å². The SMILES string of the molecule is CCOP(=O)(CN[S+]([O-])CN(C(=O)O)c1cccc2c1OC(C)(C)C2)OCC. The molecule has 2 rings (SSSR count). The lowest BCUT2D eigenvalue weighted by Gasteiger charge is -2.24. The Bertz CT molecular complexity index is 736. The Labute approximate surface area is 168 Å². The molecule has 28 heavy (non-hydrogen) atoms. The Morgan fingerprint density at radius 2 is 2.04 bits per heavy atom. The van der Waals surface area contributed by atoms with Gasteiger partial charge in [-0.2, -0.15) is 0 Å². The molecule has 1 aromatic rings. The van der Waals surface area contributed by atoms with Gasteiger partial charge in [-0.25, -0.2) is 9.69 Å². The molecule has 0 aliphatic carbocycles. The number of para-hydroxylation sites is 1. The van der Waals surface area contributed by atoms with Crippen LogP contribution in [-0.2, 0) is 31.4 Å². The van der Waals surface area contributed by atoms with Gasteiger partial charge in [-0.15, -0.1) is 4.72 Å². The molecule has 0 saturated heterocycles. The van der Waals surface area contributed by atoms with Gasteiger partial charge in [0.05, 0.1) is 30.3 Å². The van der Waals surface area contributed by atoms with Crippen LogP contribution >= 0.6 is 7.60 Å². The summed E-state index contributed by atoms with van der Waals surface area (Å²) in [6.45, 7) is 7.53. The van der Waals surface area contributed by atoms with Gasteiger partial charge in [0, 0.05) is 12.0 Å². The molecule has 0 spiro atoms. The Hall–Kier alpha value is -1.29. The maximum atomic E-state index is 12.4. The van der Waals surface area contributed by atoms with E-state index in [0.29, 0.717) is 17.9 Å². The molecular formula is C17H27N2O7PS.